The normalized spacial score (nSPS) is 12.6. The molecule has 1 aliphatic heterocycles. The second-order valence-corrected chi connectivity index (χ2v) is 7.82. The lowest BCUT2D eigenvalue weighted by molar-refractivity contribution is -0.116. The molecular weight excluding hydrogens is 461 g/mol. The van der Waals surface area contributed by atoms with Gasteiger partial charge in [-0.3, -0.25) is 9.59 Å². The molecule has 2 heterocycles. The van der Waals surface area contributed by atoms with Gasteiger partial charge in [-0.2, -0.15) is 10.2 Å². The van der Waals surface area contributed by atoms with E-state index < -0.39 is 11.7 Å². The van der Waals surface area contributed by atoms with E-state index in [0.717, 1.165) is 24.1 Å². The Labute approximate surface area is 199 Å². The number of hydrogen-bond donors (Lipinski definition) is 4. The number of aromatic nitrogens is 2. The van der Waals surface area contributed by atoms with Crippen LogP contribution in [0.1, 0.15) is 28.8 Å². The summed E-state index contributed by atoms with van der Waals surface area (Å²) in [6, 6.07) is 11.3. The molecule has 1 aliphatic rings. The van der Waals surface area contributed by atoms with Crippen LogP contribution >= 0.6 is 11.6 Å². The summed E-state index contributed by atoms with van der Waals surface area (Å²) in [5.41, 5.74) is 2.32. The minimum atomic E-state index is -0.693. The van der Waals surface area contributed by atoms with Gasteiger partial charge in [0.2, 0.25) is 11.9 Å². The lowest BCUT2D eigenvalue weighted by atomic mass is 10.1. The van der Waals surface area contributed by atoms with E-state index in [9.17, 15) is 14.0 Å². The maximum absolute atomic E-state index is 14.6. The number of nitrogens with zero attached hydrogens (tertiary/aromatic N) is 3. The molecule has 3 aromatic rings. The fourth-order valence-corrected chi connectivity index (χ4v) is 3.61. The van der Waals surface area contributed by atoms with Crippen molar-refractivity contribution in [3.63, 3.8) is 0 Å². The standard InChI is InChI=1S/C23H19ClFN7O2/c24-16-12-28-23(29-14-7-8-18-13(11-14)3-1-6-19(33)30-18)32-21(16)31-20-15(4-2-5-17(20)25)22(34)27-10-9-26/h2,4-5,7-8,11-12H,1,3,6,10H2,(H,27,34)(H,30,33)(H2,28,29,31,32). The van der Waals surface area contributed by atoms with Gasteiger partial charge in [-0.1, -0.05) is 17.7 Å². The number of carbonyl (C=O) groups excluding carboxylic acids is 2. The first-order chi connectivity index (χ1) is 16.4. The fraction of sp³-hybridized carbons (Fsp3) is 0.174. The number of rotatable bonds is 6. The molecule has 2 aromatic carbocycles. The summed E-state index contributed by atoms with van der Waals surface area (Å²) < 4.78 is 14.6. The van der Waals surface area contributed by atoms with E-state index in [-0.39, 0.29) is 40.5 Å². The van der Waals surface area contributed by atoms with Gasteiger partial charge >= 0.3 is 0 Å². The second kappa shape index (κ2) is 10.1. The number of para-hydroxylation sites is 1. The van der Waals surface area contributed by atoms with Crippen LogP contribution in [0.3, 0.4) is 0 Å². The second-order valence-electron chi connectivity index (χ2n) is 7.42. The predicted molar refractivity (Wildman–Crippen MR) is 126 cm³/mol. The molecular formula is C23H19ClFN7O2. The Morgan fingerprint density at radius 2 is 2.09 bits per heavy atom. The Morgan fingerprint density at radius 3 is 2.91 bits per heavy atom. The summed E-state index contributed by atoms with van der Waals surface area (Å²) in [6.07, 6.45) is 3.32. The van der Waals surface area contributed by atoms with Gasteiger partial charge in [0.05, 0.1) is 23.5 Å². The number of fused-ring (bicyclic) bond motifs is 1. The highest BCUT2D eigenvalue weighted by Crippen LogP contribution is 2.30. The van der Waals surface area contributed by atoms with Crippen molar-refractivity contribution in [1.82, 2.24) is 15.3 Å². The molecule has 0 unspecified atom stereocenters. The molecule has 172 valence electrons. The van der Waals surface area contributed by atoms with Gasteiger partial charge < -0.3 is 21.3 Å². The highest BCUT2D eigenvalue weighted by molar-refractivity contribution is 6.33. The van der Waals surface area contributed by atoms with Crippen molar-refractivity contribution < 1.29 is 14.0 Å². The first-order valence-corrected chi connectivity index (χ1v) is 10.8. The van der Waals surface area contributed by atoms with Crippen LogP contribution in [-0.4, -0.2) is 28.3 Å². The molecule has 0 fully saturated rings. The van der Waals surface area contributed by atoms with E-state index in [4.69, 9.17) is 16.9 Å². The number of hydrogen-bond acceptors (Lipinski definition) is 7. The third kappa shape index (κ3) is 5.22. The number of aryl methyl sites for hydroxylation is 1. The number of anilines is 5. The van der Waals surface area contributed by atoms with Crippen LogP contribution in [0.2, 0.25) is 5.02 Å². The van der Waals surface area contributed by atoms with Crippen LogP contribution in [0.4, 0.5) is 33.2 Å². The molecule has 0 spiro atoms. The Bertz CT molecular complexity index is 1310. The lowest BCUT2D eigenvalue weighted by Crippen LogP contribution is -2.24. The molecule has 2 amide bonds. The number of halogens is 2. The van der Waals surface area contributed by atoms with Crippen molar-refractivity contribution in [3.05, 3.63) is 64.6 Å². The third-order valence-corrected chi connectivity index (χ3v) is 5.34. The number of carbonyl (C=O) groups is 2. The van der Waals surface area contributed by atoms with Crippen LogP contribution in [0.15, 0.2) is 42.6 Å². The molecule has 0 saturated heterocycles. The Morgan fingerprint density at radius 1 is 1.24 bits per heavy atom. The highest BCUT2D eigenvalue weighted by Gasteiger charge is 2.18. The van der Waals surface area contributed by atoms with Crippen LogP contribution < -0.4 is 21.3 Å². The molecule has 0 atom stereocenters. The molecule has 0 bridgehead atoms. The van der Waals surface area contributed by atoms with Crippen LogP contribution in [0.5, 0.6) is 0 Å². The smallest absolute Gasteiger partial charge is 0.254 e. The predicted octanol–water partition coefficient (Wildman–Crippen LogP) is 4.28. The van der Waals surface area contributed by atoms with E-state index >= 15 is 0 Å². The largest absolute Gasteiger partial charge is 0.339 e. The van der Waals surface area contributed by atoms with Gasteiger partial charge in [0, 0.05) is 17.8 Å². The van der Waals surface area contributed by atoms with E-state index in [2.05, 4.69) is 31.2 Å². The molecule has 0 aliphatic carbocycles. The van der Waals surface area contributed by atoms with E-state index in [1.165, 1.54) is 24.4 Å². The molecule has 11 heteroatoms. The summed E-state index contributed by atoms with van der Waals surface area (Å²) in [6.45, 7) is -0.221. The van der Waals surface area contributed by atoms with Crippen molar-refractivity contribution in [2.75, 3.05) is 22.5 Å². The third-order valence-electron chi connectivity index (χ3n) is 5.06. The molecule has 4 rings (SSSR count). The van der Waals surface area contributed by atoms with Gasteiger partial charge in [0.1, 0.15) is 17.4 Å². The number of amides is 2. The van der Waals surface area contributed by atoms with E-state index in [0.29, 0.717) is 12.1 Å². The van der Waals surface area contributed by atoms with Crippen molar-refractivity contribution in [1.29, 1.82) is 5.26 Å². The summed E-state index contributed by atoms with van der Waals surface area (Å²) in [5.74, 6) is -1.05. The summed E-state index contributed by atoms with van der Waals surface area (Å²) in [7, 11) is 0. The Kier molecular flexibility index (Phi) is 6.85. The topological polar surface area (TPSA) is 132 Å². The summed E-state index contributed by atoms with van der Waals surface area (Å²) >= 11 is 6.22. The van der Waals surface area contributed by atoms with Crippen LogP contribution in [0.25, 0.3) is 0 Å². The molecule has 9 nitrogen and oxygen atoms in total. The average molecular weight is 480 g/mol. The van der Waals surface area contributed by atoms with Gasteiger partial charge in [0.15, 0.2) is 5.82 Å². The van der Waals surface area contributed by atoms with Gasteiger partial charge in [-0.05, 0) is 48.7 Å². The Balaban J connectivity index is 1.59. The number of benzene rings is 2. The minimum absolute atomic E-state index is 0.00719. The van der Waals surface area contributed by atoms with Crippen LogP contribution in [0, 0.1) is 17.1 Å². The number of nitrogens with one attached hydrogen (secondary N) is 4. The highest BCUT2D eigenvalue weighted by atomic mass is 35.5. The molecule has 4 N–H and O–H groups in total. The van der Waals surface area contributed by atoms with Crippen LogP contribution in [-0.2, 0) is 11.2 Å². The molecule has 0 saturated carbocycles. The van der Waals surface area contributed by atoms with Gasteiger partial charge in [-0.25, -0.2) is 9.37 Å². The first-order valence-electron chi connectivity index (χ1n) is 10.4. The fourth-order valence-electron chi connectivity index (χ4n) is 3.47. The molecule has 34 heavy (non-hydrogen) atoms. The quantitative estimate of drug-likeness (QED) is 0.388. The summed E-state index contributed by atoms with van der Waals surface area (Å²) in [5, 5.41) is 19.9. The minimum Gasteiger partial charge on any atom is -0.339 e. The average Bonchev–Trinajstić information content (AvgIpc) is 3.01. The van der Waals surface area contributed by atoms with Crippen molar-refractivity contribution >= 4 is 52.2 Å². The van der Waals surface area contributed by atoms with Gasteiger partial charge in [0.25, 0.3) is 5.91 Å². The van der Waals surface area contributed by atoms with E-state index in [1.54, 1.807) is 18.2 Å². The maximum Gasteiger partial charge on any atom is 0.254 e. The maximum atomic E-state index is 14.6. The van der Waals surface area contributed by atoms with Gasteiger partial charge in [-0.15, -0.1) is 0 Å². The zero-order valence-corrected chi connectivity index (χ0v) is 18.5. The number of nitriles is 1. The lowest BCUT2D eigenvalue weighted by Gasteiger charge is -2.14. The van der Waals surface area contributed by atoms with Crippen molar-refractivity contribution in [3.8, 4) is 6.07 Å². The molecule has 1 aromatic heterocycles. The SMILES string of the molecule is N#CCNC(=O)c1cccc(F)c1Nc1nc(Nc2ccc3c(c2)CCCC(=O)N3)ncc1Cl. The monoisotopic (exact) mass is 479 g/mol. The van der Waals surface area contributed by atoms with E-state index in [1.807, 2.05) is 6.07 Å². The zero-order valence-electron chi connectivity index (χ0n) is 17.8. The Hall–Kier alpha value is -4.23. The van der Waals surface area contributed by atoms with Crippen molar-refractivity contribution in [2.45, 2.75) is 19.3 Å². The summed E-state index contributed by atoms with van der Waals surface area (Å²) in [4.78, 5) is 32.6. The zero-order chi connectivity index (χ0) is 24.1. The molecule has 0 radical (unpaired) electrons. The first kappa shape index (κ1) is 22.9. The van der Waals surface area contributed by atoms with Crippen molar-refractivity contribution in [2.24, 2.45) is 0 Å².